The van der Waals surface area contributed by atoms with Crippen molar-refractivity contribution in [2.45, 2.75) is 69.8 Å². The van der Waals surface area contributed by atoms with Crippen molar-refractivity contribution in [2.75, 3.05) is 56.1 Å². The topological polar surface area (TPSA) is 141 Å². The fourth-order valence-corrected chi connectivity index (χ4v) is 9.98. The van der Waals surface area contributed by atoms with Gasteiger partial charge in [-0.05, 0) is 110 Å². The maximum atomic E-state index is 13.5. The van der Waals surface area contributed by atoms with E-state index in [1.807, 2.05) is 36.4 Å². The molecule has 1 spiro atoms. The number of hydrogen-bond acceptors (Lipinski definition) is 9. The van der Waals surface area contributed by atoms with E-state index < -0.39 is 17.6 Å². The maximum absolute atomic E-state index is 13.5. The monoisotopic (exact) mass is 789 g/mol. The lowest BCUT2D eigenvalue weighted by Gasteiger charge is -2.48. The maximum Gasteiger partial charge on any atom is 0.255 e. The van der Waals surface area contributed by atoms with Crippen LogP contribution in [0.4, 0.5) is 11.4 Å². The summed E-state index contributed by atoms with van der Waals surface area (Å²) in [6.45, 7) is 10.7. The van der Waals surface area contributed by atoms with Crippen LogP contribution in [0.2, 0.25) is 5.02 Å². The lowest BCUT2D eigenvalue weighted by atomic mass is 9.76. The Labute approximate surface area is 338 Å². The molecule has 296 valence electrons. The molecule has 1 unspecified atom stereocenters. The number of nitrogens with one attached hydrogen (secondary N) is 1. The van der Waals surface area contributed by atoms with Crippen LogP contribution in [0.1, 0.15) is 86.8 Å². The van der Waals surface area contributed by atoms with Crippen LogP contribution in [0.15, 0.2) is 66.9 Å². The molecule has 0 radical (unpaired) electrons. The highest BCUT2D eigenvalue weighted by Crippen LogP contribution is 2.46. The second-order valence-electron chi connectivity index (χ2n) is 16.9. The number of carbonyl (C=O) groups excluding carboxylic acids is 4. The summed E-state index contributed by atoms with van der Waals surface area (Å²) in [6.07, 6.45) is 4.96. The van der Waals surface area contributed by atoms with Gasteiger partial charge in [0, 0.05) is 80.6 Å². The van der Waals surface area contributed by atoms with E-state index in [1.54, 1.807) is 30.1 Å². The summed E-state index contributed by atoms with van der Waals surface area (Å²) in [5.74, 6) is -0.795. The summed E-state index contributed by atoms with van der Waals surface area (Å²) >= 11 is 6.37. The van der Waals surface area contributed by atoms with Gasteiger partial charge in [0.15, 0.2) is 6.29 Å². The Bertz CT molecular complexity index is 2190. The number of likely N-dealkylation sites (N-methyl/N-ethyl adjacent to an activating group) is 1. The molecule has 5 heterocycles. The van der Waals surface area contributed by atoms with Crippen LogP contribution in [-0.2, 0) is 17.9 Å². The summed E-state index contributed by atoms with van der Waals surface area (Å²) in [7, 11) is 1.58. The number of anilines is 2. The van der Waals surface area contributed by atoms with Crippen LogP contribution < -0.4 is 15.1 Å². The van der Waals surface area contributed by atoms with Gasteiger partial charge in [0.2, 0.25) is 5.91 Å². The van der Waals surface area contributed by atoms with E-state index in [1.165, 1.54) is 4.90 Å². The molecule has 3 aromatic rings. The van der Waals surface area contributed by atoms with E-state index in [4.69, 9.17) is 11.6 Å². The molecule has 3 amide bonds. The van der Waals surface area contributed by atoms with Gasteiger partial charge in [0.1, 0.15) is 17.7 Å². The molecule has 57 heavy (non-hydrogen) atoms. The molecule has 12 nitrogen and oxygen atoms in total. The number of aliphatic hydroxyl groups is 1. The van der Waals surface area contributed by atoms with Crippen molar-refractivity contribution < 1.29 is 24.3 Å². The number of carbonyl (C=O) groups is 4. The average molecular weight is 790 g/mol. The predicted molar refractivity (Wildman–Crippen MR) is 217 cm³/mol. The van der Waals surface area contributed by atoms with E-state index in [0.29, 0.717) is 66.7 Å². The number of nitriles is 1. The molecule has 3 aromatic carbocycles. The first-order chi connectivity index (χ1) is 27.3. The molecule has 0 aromatic heterocycles. The Hall–Kier alpha value is -5.22. The number of halogens is 1. The van der Waals surface area contributed by atoms with Gasteiger partial charge in [0.05, 0.1) is 29.2 Å². The first-order valence-electron chi connectivity index (χ1n) is 19.7. The minimum absolute atomic E-state index is 0.115. The van der Waals surface area contributed by atoms with Gasteiger partial charge in [-0.25, -0.2) is 0 Å². The number of likely N-dealkylation sites (tertiary alicyclic amines) is 1. The Kier molecular flexibility index (Phi) is 10.1. The van der Waals surface area contributed by atoms with Gasteiger partial charge in [-0.1, -0.05) is 18.2 Å². The summed E-state index contributed by atoms with van der Waals surface area (Å²) in [4.78, 5) is 61.6. The number of β-amino-alcohol motifs (C(OH)–C–C–N with tert-alkyl or cyclic N) is 1. The molecule has 4 saturated heterocycles. The van der Waals surface area contributed by atoms with Crippen molar-refractivity contribution in [3.05, 3.63) is 105 Å². The first-order valence-corrected chi connectivity index (χ1v) is 20.1. The zero-order valence-corrected chi connectivity index (χ0v) is 33.2. The number of hydrogen-bond donors (Lipinski definition) is 2. The van der Waals surface area contributed by atoms with Crippen molar-refractivity contribution in [1.82, 2.24) is 20.0 Å². The Balaban J connectivity index is 0.828. The van der Waals surface area contributed by atoms with E-state index in [-0.39, 0.29) is 41.4 Å². The van der Waals surface area contributed by atoms with Crippen molar-refractivity contribution in [3.8, 4) is 6.07 Å². The molecule has 13 heteroatoms. The molecule has 5 aliphatic rings. The number of allylic oxidation sites excluding steroid dienone is 1. The van der Waals surface area contributed by atoms with Gasteiger partial charge < -0.3 is 30.0 Å². The molecule has 4 fully saturated rings. The van der Waals surface area contributed by atoms with Gasteiger partial charge in [-0.2, -0.15) is 5.26 Å². The van der Waals surface area contributed by atoms with Crippen molar-refractivity contribution >= 4 is 47.0 Å². The van der Waals surface area contributed by atoms with E-state index in [0.717, 1.165) is 61.4 Å². The summed E-state index contributed by atoms with van der Waals surface area (Å²) in [6, 6.07) is 18.9. The van der Waals surface area contributed by atoms with Gasteiger partial charge in [0.25, 0.3) is 11.8 Å². The molecule has 8 rings (SSSR count). The first kappa shape index (κ1) is 38.6. The molecule has 2 N–H and O–H groups in total. The van der Waals surface area contributed by atoms with Crippen molar-refractivity contribution in [1.29, 1.82) is 5.26 Å². The molecule has 2 atom stereocenters. The summed E-state index contributed by atoms with van der Waals surface area (Å²) in [5.41, 5.74) is 5.34. The van der Waals surface area contributed by atoms with E-state index in [2.05, 4.69) is 39.6 Å². The second-order valence-corrected chi connectivity index (χ2v) is 17.3. The normalized spacial score (nSPS) is 22.5. The van der Waals surface area contributed by atoms with Crippen LogP contribution in [0.3, 0.4) is 0 Å². The lowest BCUT2D eigenvalue weighted by molar-refractivity contribution is -0.125. The Morgan fingerprint density at radius 1 is 1.05 bits per heavy atom. The third kappa shape index (κ3) is 7.40. The van der Waals surface area contributed by atoms with E-state index in [9.17, 15) is 29.5 Å². The van der Waals surface area contributed by atoms with Crippen LogP contribution >= 0.6 is 11.6 Å². The van der Waals surface area contributed by atoms with Gasteiger partial charge >= 0.3 is 0 Å². The molecule has 5 aliphatic heterocycles. The quantitative estimate of drug-likeness (QED) is 0.303. The zero-order valence-electron chi connectivity index (χ0n) is 32.5. The largest absolute Gasteiger partial charge is 0.385 e. The number of rotatable bonds is 8. The van der Waals surface area contributed by atoms with Crippen LogP contribution in [0.25, 0.3) is 0 Å². The van der Waals surface area contributed by atoms with Crippen LogP contribution in [0, 0.1) is 16.7 Å². The molecular weight excluding hydrogens is 742 g/mol. The third-order valence-corrected chi connectivity index (χ3v) is 13.2. The number of aldehydes is 1. The van der Waals surface area contributed by atoms with Crippen molar-refractivity contribution in [3.63, 3.8) is 0 Å². The number of fused-ring (bicyclic) bond motifs is 1. The fraction of sp³-hybridized carbons (Fsp3) is 0.432. The molecule has 0 aliphatic carbocycles. The average Bonchev–Trinajstić information content (AvgIpc) is 3.74. The number of piperidine rings is 2. The molecular formula is C44H48ClN7O5. The Morgan fingerprint density at radius 3 is 2.39 bits per heavy atom. The lowest BCUT2D eigenvalue weighted by Crippen LogP contribution is -2.67. The highest BCUT2D eigenvalue weighted by Gasteiger charge is 2.46. The molecule has 0 bridgehead atoms. The second kappa shape index (κ2) is 14.9. The SMILES string of the molecule is C=C1CCC(N(C)C(=O)c2cc3c(cc2C=O)CN(CC2(O)CN(C(=O)c4ccc(N5CCC6(CC5)C[C@H](C)N(c5ccc(C#N)c(Cl)c5)C6)cc4)C2)C3)C(=O)N1. The van der Waals surface area contributed by atoms with Gasteiger partial charge in [-0.3, -0.25) is 24.1 Å². The number of nitrogens with zero attached hydrogens (tertiary/aromatic N) is 6. The summed E-state index contributed by atoms with van der Waals surface area (Å²) in [5, 5.41) is 23.9. The third-order valence-electron chi connectivity index (χ3n) is 12.9. The van der Waals surface area contributed by atoms with Crippen LogP contribution in [0.5, 0.6) is 0 Å². The zero-order chi connectivity index (χ0) is 40.2. The smallest absolute Gasteiger partial charge is 0.255 e. The minimum Gasteiger partial charge on any atom is -0.385 e. The van der Waals surface area contributed by atoms with Crippen LogP contribution in [-0.4, -0.2) is 108 Å². The van der Waals surface area contributed by atoms with E-state index >= 15 is 0 Å². The highest BCUT2D eigenvalue weighted by molar-refractivity contribution is 6.32. The Morgan fingerprint density at radius 2 is 1.74 bits per heavy atom. The predicted octanol–water partition coefficient (Wildman–Crippen LogP) is 4.98. The highest BCUT2D eigenvalue weighted by atomic mass is 35.5. The number of amides is 3. The summed E-state index contributed by atoms with van der Waals surface area (Å²) < 4.78 is 0. The number of benzene rings is 3. The van der Waals surface area contributed by atoms with Crippen molar-refractivity contribution in [2.24, 2.45) is 5.41 Å². The fourth-order valence-electron chi connectivity index (χ4n) is 9.76. The van der Waals surface area contributed by atoms with Gasteiger partial charge in [-0.15, -0.1) is 0 Å². The standard InChI is InChI=1S/C44H48ClN7O5/c1-28-4-11-39(40(54)47-28)48(3)42(56)37-17-33-22-49(21-32(33)16-34(37)23-53)25-44(57)26-51(27-44)41(55)30-5-8-35(9-6-30)50-14-12-43(13-15-50)19-29(2)52(24-43)36-10-7-31(20-46)38(45)18-36/h5-10,16-18,23,29,39,57H,1,4,11-15,19,21-22,24-27H2,2-3H3,(H,47,54)/t29-,39?/m0/s1. The molecule has 0 saturated carbocycles. The minimum atomic E-state index is -1.08.